The van der Waals surface area contributed by atoms with Crippen LogP contribution in [0.2, 0.25) is 0 Å². The number of nitrogens with zero attached hydrogens (tertiary/aromatic N) is 1. The number of benzene rings is 2. The smallest absolute Gasteiger partial charge is 0.387 e. The number of alkyl halides is 2. The lowest BCUT2D eigenvalue weighted by Crippen LogP contribution is -2.43. The number of hydrogen-bond donors (Lipinski definition) is 1. The van der Waals surface area contributed by atoms with E-state index < -0.39 is 17.9 Å². The summed E-state index contributed by atoms with van der Waals surface area (Å²) in [5, 5.41) is 2.73. The SMILES string of the molecule is CC(C)c1ccccc1C1(C(=O)Nc2ccc(Br)cc2OC(F)F)CC(=O)N(C)C1. The molecule has 1 atom stereocenters. The van der Waals surface area contributed by atoms with Gasteiger partial charge in [0.25, 0.3) is 0 Å². The van der Waals surface area contributed by atoms with Gasteiger partial charge in [0, 0.05) is 24.5 Å². The average molecular weight is 481 g/mol. The third-order valence-electron chi connectivity index (χ3n) is 5.33. The number of carbonyl (C=O) groups is 2. The van der Waals surface area contributed by atoms with Crippen molar-refractivity contribution in [3.63, 3.8) is 0 Å². The Balaban J connectivity index is 2.06. The van der Waals surface area contributed by atoms with Crippen molar-refractivity contribution in [2.45, 2.75) is 38.2 Å². The van der Waals surface area contributed by atoms with Crippen LogP contribution in [0.5, 0.6) is 5.75 Å². The van der Waals surface area contributed by atoms with Gasteiger partial charge in [0.1, 0.15) is 5.41 Å². The van der Waals surface area contributed by atoms with Crippen molar-refractivity contribution in [2.24, 2.45) is 0 Å². The van der Waals surface area contributed by atoms with Gasteiger partial charge >= 0.3 is 6.61 Å². The van der Waals surface area contributed by atoms with Gasteiger partial charge < -0.3 is 15.0 Å². The second-order valence-corrected chi connectivity index (χ2v) is 8.64. The second kappa shape index (κ2) is 8.71. The highest BCUT2D eigenvalue weighted by atomic mass is 79.9. The molecule has 0 bridgehead atoms. The zero-order valence-corrected chi connectivity index (χ0v) is 18.5. The molecule has 0 aliphatic carbocycles. The van der Waals surface area contributed by atoms with Crippen molar-refractivity contribution in [1.82, 2.24) is 4.90 Å². The van der Waals surface area contributed by atoms with E-state index in [1.165, 1.54) is 17.0 Å². The van der Waals surface area contributed by atoms with Gasteiger partial charge in [-0.05, 0) is 35.2 Å². The number of halogens is 3. The highest BCUT2D eigenvalue weighted by Crippen LogP contribution is 2.41. The van der Waals surface area contributed by atoms with Crippen molar-refractivity contribution in [2.75, 3.05) is 18.9 Å². The van der Waals surface area contributed by atoms with Crippen molar-refractivity contribution < 1.29 is 23.1 Å². The third-order valence-corrected chi connectivity index (χ3v) is 5.82. The highest BCUT2D eigenvalue weighted by molar-refractivity contribution is 9.10. The van der Waals surface area contributed by atoms with E-state index in [0.29, 0.717) is 4.47 Å². The fourth-order valence-electron chi connectivity index (χ4n) is 3.87. The van der Waals surface area contributed by atoms with E-state index in [2.05, 4.69) is 26.0 Å². The minimum Gasteiger partial charge on any atom is -0.433 e. The normalized spacial score (nSPS) is 18.9. The summed E-state index contributed by atoms with van der Waals surface area (Å²) in [5.74, 6) is -0.603. The number of ether oxygens (including phenoxy) is 1. The molecule has 3 rings (SSSR count). The van der Waals surface area contributed by atoms with Gasteiger partial charge in [-0.1, -0.05) is 54.0 Å². The molecule has 1 aliphatic heterocycles. The van der Waals surface area contributed by atoms with E-state index in [4.69, 9.17) is 0 Å². The number of likely N-dealkylation sites (N-methyl/N-ethyl adjacent to an activating group) is 1. The largest absolute Gasteiger partial charge is 0.433 e. The van der Waals surface area contributed by atoms with Crippen LogP contribution in [0.3, 0.4) is 0 Å². The fraction of sp³-hybridized carbons (Fsp3) is 0.364. The Kier molecular flexibility index (Phi) is 6.45. The molecule has 8 heteroatoms. The van der Waals surface area contributed by atoms with Crippen LogP contribution in [-0.4, -0.2) is 36.9 Å². The number of likely N-dealkylation sites (tertiary alicyclic amines) is 1. The average Bonchev–Trinajstić information content (AvgIpc) is 2.99. The van der Waals surface area contributed by atoms with E-state index >= 15 is 0 Å². The number of amides is 2. The molecule has 1 saturated heterocycles. The topological polar surface area (TPSA) is 58.6 Å². The molecular weight excluding hydrogens is 458 g/mol. The van der Waals surface area contributed by atoms with E-state index in [-0.39, 0.29) is 36.2 Å². The predicted octanol–water partition coefficient (Wildman–Crippen LogP) is 4.91. The lowest BCUT2D eigenvalue weighted by Gasteiger charge is -2.31. The molecular formula is C22H23BrF2N2O3. The van der Waals surface area contributed by atoms with E-state index in [0.717, 1.165) is 11.1 Å². The quantitative estimate of drug-likeness (QED) is 0.638. The van der Waals surface area contributed by atoms with Crippen LogP contribution in [-0.2, 0) is 15.0 Å². The van der Waals surface area contributed by atoms with Crippen LogP contribution in [0.15, 0.2) is 46.9 Å². The predicted molar refractivity (Wildman–Crippen MR) is 114 cm³/mol. The summed E-state index contributed by atoms with van der Waals surface area (Å²) in [7, 11) is 1.65. The van der Waals surface area contributed by atoms with Crippen LogP contribution in [0.25, 0.3) is 0 Å². The first kappa shape index (κ1) is 22.2. The number of anilines is 1. The molecule has 1 N–H and O–H groups in total. The number of nitrogens with one attached hydrogen (secondary N) is 1. The van der Waals surface area contributed by atoms with E-state index in [9.17, 15) is 18.4 Å². The maximum atomic E-state index is 13.6. The summed E-state index contributed by atoms with van der Waals surface area (Å²) in [4.78, 5) is 27.6. The van der Waals surface area contributed by atoms with Gasteiger partial charge in [0.2, 0.25) is 11.8 Å². The molecule has 1 heterocycles. The monoisotopic (exact) mass is 480 g/mol. The molecule has 0 spiro atoms. The molecule has 2 aromatic rings. The first-order valence-electron chi connectivity index (χ1n) is 9.53. The third kappa shape index (κ3) is 4.33. The lowest BCUT2D eigenvalue weighted by molar-refractivity contribution is -0.127. The van der Waals surface area contributed by atoms with Gasteiger partial charge in [-0.15, -0.1) is 0 Å². The molecule has 1 fully saturated rings. The Morgan fingerprint density at radius 1 is 1.23 bits per heavy atom. The summed E-state index contributed by atoms with van der Waals surface area (Å²) in [5.41, 5.74) is 0.716. The summed E-state index contributed by atoms with van der Waals surface area (Å²) in [6.45, 7) is 1.20. The molecule has 1 aliphatic rings. The minimum absolute atomic E-state index is 0.000627. The van der Waals surface area contributed by atoms with Gasteiger partial charge in [-0.25, -0.2) is 0 Å². The van der Waals surface area contributed by atoms with Crippen molar-refractivity contribution in [1.29, 1.82) is 0 Å². The number of rotatable bonds is 6. The highest BCUT2D eigenvalue weighted by Gasteiger charge is 2.50. The lowest BCUT2D eigenvalue weighted by atomic mass is 9.74. The zero-order chi connectivity index (χ0) is 22.1. The van der Waals surface area contributed by atoms with Crippen molar-refractivity contribution in [3.05, 3.63) is 58.1 Å². The fourth-order valence-corrected chi connectivity index (χ4v) is 4.21. The molecule has 5 nitrogen and oxygen atoms in total. The Morgan fingerprint density at radius 3 is 2.53 bits per heavy atom. The molecule has 0 aromatic heterocycles. The molecule has 30 heavy (non-hydrogen) atoms. The van der Waals surface area contributed by atoms with Crippen molar-refractivity contribution in [3.8, 4) is 5.75 Å². The zero-order valence-electron chi connectivity index (χ0n) is 16.9. The maximum absolute atomic E-state index is 13.6. The Labute approximate surface area is 182 Å². The summed E-state index contributed by atoms with van der Waals surface area (Å²) in [6.07, 6.45) is 0.000627. The molecule has 2 amide bonds. The van der Waals surface area contributed by atoms with Crippen molar-refractivity contribution >= 4 is 33.4 Å². The molecule has 0 saturated carbocycles. The van der Waals surface area contributed by atoms with Gasteiger partial charge in [0.15, 0.2) is 5.75 Å². The Morgan fingerprint density at radius 2 is 1.93 bits per heavy atom. The first-order valence-corrected chi connectivity index (χ1v) is 10.3. The standard InChI is InChI=1S/C22H23BrF2N2O3/c1-13(2)15-6-4-5-7-16(15)22(11-19(28)27(3)12-22)20(29)26-17-9-8-14(23)10-18(17)30-21(24)25/h4-10,13,21H,11-12H2,1-3H3,(H,26,29). The summed E-state index contributed by atoms with van der Waals surface area (Å²) < 4.78 is 30.8. The van der Waals surface area contributed by atoms with Gasteiger partial charge in [-0.2, -0.15) is 8.78 Å². The van der Waals surface area contributed by atoms with Gasteiger partial charge in [-0.3, -0.25) is 9.59 Å². The number of carbonyl (C=O) groups excluding carboxylic acids is 2. The van der Waals surface area contributed by atoms with Crippen LogP contribution in [0.1, 0.15) is 37.3 Å². The molecule has 160 valence electrons. The summed E-state index contributed by atoms with van der Waals surface area (Å²) in [6, 6.07) is 12.0. The van der Waals surface area contributed by atoms with Gasteiger partial charge in [0.05, 0.1) is 5.69 Å². The van der Waals surface area contributed by atoms with E-state index in [1.807, 2.05) is 38.1 Å². The molecule has 0 radical (unpaired) electrons. The Hall–Kier alpha value is -2.48. The van der Waals surface area contributed by atoms with Crippen LogP contribution in [0, 0.1) is 0 Å². The second-order valence-electron chi connectivity index (χ2n) is 7.72. The maximum Gasteiger partial charge on any atom is 0.387 e. The first-order chi connectivity index (χ1) is 14.1. The van der Waals surface area contributed by atoms with Crippen LogP contribution in [0.4, 0.5) is 14.5 Å². The van der Waals surface area contributed by atoms with Crippen LogP contribution >= 0.6 is 15.9 Å². The van der Waals surface area contributed by atoms with Crippen LogP contribution < -0.4 is 10.1 Å². The Bertz CT molecular complexity index is 967. The number of hydrogen-bond acceptors (Lipinski definition) is 3. The molecule has 1 unspecified atom stereocenters. The van der Waals surface area contributed by atoms with E-state index in [1.54, 1.807) is 13.1 Å². The minimum atomic E-state index is -3.04. The molecule has 2 aromatic carbocycles. The summed E-state index contributed by atoms with van der Waals surface area (Å²) >= 11 is 3.22.